The van der Waals surface area contributed by atoms with Gasteiger partial charge in [0.05, 0.1) is 17.6 Å². The van der Waals surface area contributed by atoms with E-state index in [2.05, 4.69) is 23.7 Å². The first-order valence-electron chi connectivity index (χ1n) is 10.7. The van der Waals surface area contributed by atoms with Crippen molar-refractivity contribution in [2.24, 2.45) is 5.92 Å². The summed E-state index contributed by atoms with van der Waals surface area (Å²) in [5.41, 5.74) is 4.14. The van der Waals surface area contributed by atoms with Crippen molar-refractivity contribution >= 4 is 28.4 Å². The molecular formula is C25H23F2N3O2. The lowest BCUT2D eigenvalue weighted by Crippen LogP contribution is -2.33. The van der Waals surface area contributed by atoms with Crippen LogP contribution in [0.2, 0.25) is 0 Å². The summed E-state index contributed by atoms with van der Waals surface area (Å²) in [6.45, 7) is 6.48. The number of rotatable bonds is 3. The molecule has 0 aliphatic carbocycles. The Hall–Kier alpha value is -3.48. The average molecular weight is 435 g/mol. The average Bonchev–Trinajstić information content (AvgIpc) is 3.19. The maximum absolute atomic E-state index is 14.3. The van der Waals surface area contributed by atoms with Crippen molar-refractivity contribution in [1.29, 1.82) is 0 Å². The predicted molar refractivity (Wildman–Crippen MR) is 118 cm³/mol. The van der Waals surface area contributed by atoms with Gasteiger partial charge in [-0.3, -0.25) is 14.5 Å². The highest BCUT2D eigenvalue weighted by Gasteiger charge is 2.41. The number of imide groups is 1. The highest BCUT2D eigenvalue weighted by molar-refractivity contribution is 6.11. The van der Waals surface area contributed by atoms with E-state index >= 15 is 0 Å². The first-order chi connectivity index (χ1) is 15.3. The Labute approximate surface area is 184 Å². The van der Waals surface area contributed by atoms with Gasteiger partial charge in [-0.1, -0.05) is 26.0 Å². The molecule has 32 heavy (non-hydrogen) atoms. The number of carbonyl (C=O) groups excluding carboxylic acids is 2. The van der Waals surface area contributed by atoms with Gasteiger partial charge in [-0.15, -0.1) is 0 Å². The van der Waals surface area contributed by atoms with Crippen LogP contribution in [0.4, 0.5) is 14.5 Å². The Morgan fingerprint density at radius 2 is 1.97 bits per heavy atom. The molecule has 0 unspecified atom stereocenters. The zero-order valence-corrected chi connectivity index (χ0v) is 18.1. The van der Waals surface area contributed by atoms with E-state index in [4.69, 9.17) is 0 Å². The lowest BCUT2D eigenvalue weighted by Gasteiger charge is -2.19. The molecule has 1 N–H and O–H groups in total. The van der Waals surface area contributed by atoms with Crippen molar-refractivity contribution < 1.29 is 18.4 Å². The molecule has 0 saturated carbocycles. The van der Waals surface area contributed by atoms with Crippen LogP contribution in [-0.2, 0) is 16.1 Å². The van der Waals surface area contributed by atoms with Crippen LogP contribution in [0.5, 0.6) is 0 Å². The number of hydrogen-bond donors (Lipinski definition) is 1. The van der Waals surface area contributed by atoms with Gasteiger partial charge in [0.2, 0.25) is 5.91 Å². The first-order valence-corrected chi connectivity index (χ1v) is 10.7. The molecule has 0 radical (unpaired) electrons. The number of nitrogens with one attached hydrogen (secondary N) is 1. The summed E-state index contributed by atoms with van der Waals surface area (Å²) in [7, 11) is 0. The second-order valence-electron chi connectivity index (χ2n) is 8.86. The SMILES string of the molecule is CC(=O)N1CC2=C(C1=O)[C@@H](c1ccc(F)c(F)c1)c1cn(CC(C)C)c3cccc(c13)N2. The number of anilines is 1. The van der Waals surface area contributed by atoms with Gasteiger partial charge in [0, 0.05) is 42.4 Å². The van der Waals surface area contributed by atoms with Crippen LogP contribution < -0.4 is 5.32 Å². The number of halogens is 2. The minimum absolute atomic E-state index is 0.121. The van der Waals surface area contributed by atoms with Gasteiger partial charge in [-0.2, -0.15) is 0 Å². The number of benzene rings is 2. The van der Waals surface area contributed by atoms with Crippen molar-refractivity contribution in [2.75, 3.05) is 11.9 Å². The van der Waals surface area contributed by atoms with Gasteiger partial charge < -0.3 is 9.88 Å². The van der Waals surface area contributed by atoms with Gasteiger partial charge in [-0.05, 0) is 41.3 Å². The van der Waals surface area contributed by atoms with Crippen molar-refractivity contribution in [1.82, 2.24) is 9.47 Å². The number of nitrogens with zero attached hydrogens (tertiary/aromatic N) is 2. The Bertz CT molecular complexity index is 1320. The van der Waals surface area contributed by atoms with Crippen LogP contribution in [-0.4, -0.2) is 27.8 Å². The monoisotopic (exact) mass is 435 g/mol. The molecule has 164 valence electrons. The largest absolute Gasteiger partial charge is 0.356 e. The van der Waals surface area contributed by atoms with E-state index in [0.717, 1.165) is 40.8 Å². The van der Waals surface area contributed by atoms with Crippen molar-refractivity contribution in [2.45, 2.75) is 33.2 Å². The molecule has 0 bridgehead atoms. The van der Waals surface area contributed by atoms with E-state index in [1.807, 2.05) is 24.4 Å². The molecule has 1 atom stereocenters. The van der Waals surface area contributed by atoms with Crippen molar-refractivity contribution in [3.05, 3.63) is 76.6 Å². The maximum atomic E-state index is 14.3. The van der Waals surface area contributed by atoms with Crippen LogP contribution in [0.3, 0.4) is 0 Å². The molecule has 2 aromatic carbocycles. The van der Waals surface area contributed by atoms with Crippen LogP contribution in [0, 0.1) is 17.6 Å². The van der Waals surface area contributed by atoms with Crippen LogP contribution >= 0.6 is 0 Å². The highest BCUT2D eigenvalue weighted by atomic mass is 19.2. The number of hydrogen-bond acceptors (Lipinski definition) is 3. The third kappa shape index (κ3) is 3.03. The smallest absolute Gasteiger partial charge is 0.259 e. The molecule has 3 aromatic rings. The molecule has 2 amide bonds. The van der Waals surface area contributed by atoms with Gasteiger partial charge in [0.15, 0.2) is 11.6 Å². The van der Waals surface area contributed by atoms with E-state index in [0.29, 0.717) is 22.8 Å². The standard InChI is InChI=1S/C25H23F2N3O2/c1-13(2)10-29-11-16-22(15-7-8-17(26)18(27)9-15)24-20(12-30(14(3)31)25(24)32)28-19-5-4-6-21(29)23(16)19/h4-9,11,13,22,28H,10,12H2,1-3H3/t22-/m0/s1. The predicted octanol–water partition coefficient (Wildman–Crippen LogP) is 4.78. The Balaban J connectivity index is 1.80. The molecule has 0 saturated heterocycles. The van der Waals surface area contributed by atoms with Gasteiger partial charge in [-0.25, -0.2) is 8.78 Å². The van der Waals surface area contributed by atoms with E-state index < -0.39 is 23.5 Å². The molecule has 2 aliphatic rings. The number of carbonyl (C=O) groups is 2. The van der Waals surface area contributed by atoms with Crippen LogP contribution in [0.1, 0.15) is 37.8 Å². The summed E-state index contributed by atoms with van der Waals surface area (Å²) < 4.78 is 30.2. The molecule has 1 aromatic heterocycles. The summed E-state index contributed by atoms with van der Waals surface area (Å²) in [6.07, 6.45) is 2.00. The second kappa shape index (κ2) is 7.29. The summed E-state index contributed by atoms with van der Waals surface area (Å²) in [4.78, 5) is 26.7. The minimum atomic E-state index is -0.970. The lowest BCUT2D eigenvalue weighted by molar-refractivity contribution is -0.139. The molecule has 0 spiro atoms. The Morgan fingerprint density at radius 3 is 2.66 bits per heavy atom. The van der Waals surface area contributed by atoms with E-state index in [9.17, 15) is 18.4 Å². The number of amides is 2. The summed E-state index contributed by atoms with van der Waals surface area (Å²) in [5.74, 6) is -2.93. The maximum Gasteiger partial charge on any atom is 0.259 e. The first kappa shape index (κ1) is 20.4. The van der Waals surface area contributed by atoms with Crippen molar-refractivity contribution in [3.8, 4) is 0 Å². The van der Waals surface area contributed by atoms with E-state index in [1.54, 1.807) is 0 Å². The molecule has 5 rings (SSSR count). The third-order valence-corrected chi connectivity index (χ3v) is 6.16. The summed E-state index contributed by atoms with van der Waals surface area (Å²) in [5, 5.41) is 4.32. The van der Waals surface area contributed by atoms with Gasteiger partial charge in [0.25, 0.3) is 5.91 Å². The normalized spacial score (nSPS) is 17.8. The molecule has 2 aliphatic heterocycles. The van der Waals surface area contributed by atoms with E-state index in [1.165, 1.54) is 17.9 Å². The minimum Gasteiger partial charge on any atom is -0.356 e. The van der Waals surface area contributed by atoms with Gasteiger partial charge in [0.1, 0.15) is 0 Å². The molecule has 7 heteroatoms. The molecule has 0 fully saturated rings. The number of aromatic nitrogens is 1. The fraction of sp³-hybridized carbons (Fsp3) is 0.280. The Morgan fingerprint density at radius 1 is 1.19 bits per heavy atom. The van der Waals surface area contributed by atoms with Gasteiger partial charge >= 0.3 is 0 Å². The Kier molecular flexibility index (Phi) is 4.65. The topological polar surface area (TPSA) is 54.3 Å². The van der Waals surface area contributed by atoms with Crippen LogP contribution in [0.25, 0.3) is 10.9 Å². The highest BCUT2D eigenvalue weighted by Crippen LogP contribution is 2.46. The lowest BCUT2D eigenvalue weighted by atomic mass is 9.84. The summed E-state index contributed by atoms with van der Waals surface area (Å²) in [6, 6.07) is 9.65. The van der Waals surface area contributed by atoms with E-state index in [-0.39, 0.29) is 12.5 Å². The fourth-order valence-corrected chi connectivity index (χ4v) is 4.86. The summed E-state index contributed by atoms with van der Waals surface area (Å²) >= 11 is 0. The quantitative estimate of drug-likeness (QED) is 0.645. The third-order valence-electron chi connectivity index (χ3n) is 6.16. The molecule has 5 nitrogen and oxygen atoms in total. The fourth-order valence-electron chi connectivity index (χ4n) is 4.86. The second-order valence-corrected chi connectivity index (χ2v) is 8.86. The molecule has 3 heterocycles. The molecular weight excluding hydrogens is 412 g/mol. The zero-order valence-electron chi connectivity index (χ0n) is 18.1. The van der Waals surface area contributed by atoms with Crippen molar-refractivity contribution in [3.63, 3.8) is 0 Å². The van der Waals surface area contributed by atoms with Crippen LogP contribution in [0.15, 0.2) is 53.9 Å². The zero-order chi connectivity index (χ0) is 22.7.